The normalized spacial score (nSPS) is 10.5. The molecule has 0 heterocycles. The topological polar surface area (TPSA) is 26.3 Å². The Labute approximate surface area is 124 Å². The van der Waals surface area contributed by atoms with Crippen LogP contribution in [0.25, 0.3) is 0 Å². The van der Waals surface area contributed by atoms with Crippen LogP contribution in [-0.4, -0.2) is 12.9 Å². The highest BCUT2D eigenvalue weighted by molar-refractivity contribution is 6.10. The number of halogens is 1. The van der Waals surface area contributed by atoms with E-state index in [-0.39, 0.29) is 11.3 Å². The second kappa shape index (κ2) is 6.53. The van der Waals surface area contributed by atoms with Crippen LogP contribution in [-0.2, 0) is 12.8 Å². The van der Waals surface area contributed by atoms with E-state index in [0.29, 0.717) is 11.3 Å². The third-order valence-electron chi connectivity index (χ3n) is 3.63. The van der Waals surface area contributed by atoms with Gasteiger partial charge in [0.2, 0.25) is 0 Å². The van der Waals surface area contributed by atoms with Crippen LogP contribution in [0, 0.1) is 5.82 Å². The fourth-order valence-corrected chi connectivity index (χ4v) is 2.32. The van der Waals surface area contributed by atoms with Crippen LogP contribution in [0.1, 0.15) is 40.9 Å². The first-order valence-electron chi connectivity index (χ1n) is 7.10. The summed E-state index contributed by atoms with van der Waals surface area (Å²) in [6.07, 6.45) is 1.58. The number of carbonyl (C=O) groups is 1. The number of benzene rings is 2. The molecular formula is C18H19FO2. The summed E-state index contributed by atoms with van der Waals surface area (Å²) in [5, 5.41) is 0. The zero-order valence-corrected chi connectivity index (χ0v) is 12.6. The van der Waals surface area contributed by atoms with Gasteiger partial charge in [-0.2, -0.15) is 0 Å². The molecule has 0 spiro atoms. The summed E-state index contributed by atoms with van der Waals surface area (Å²) in [5.74, 6) is -0.423. The zero-order valence-electron chi connectivity index (χ0n) is 12.6. The van der Waals surface area contributed by atoms with Gasteiger partial charge < -0.3 is 4.74 Å². The van der Waals surface area contributed by atoms with Crippen molar-refractivity contribution in [2.24, 2.45) is 0 Å². The number of aryl methyl sites for hydroxylation is 2. The first kappa shape index (κ1) is 15.2. The average molecular weight is 286 g/mol. The smallest absolute Gasteiger partial charge is 0.196 e. The predicted octanol–water partition coefficient (Wildman–Crippen LogP) is 4.19. The molecule has 2 aromatic carbocycles. The molecule has 0 atom stereocenters. The van der Waals surface area contributed by atoms with E-state index < -0.39 is 5.82 Å². The average Bonchev–Trinajstić information content (AvgIpc) is 2.53. The van der Waals surface area contributed by atoms with Gasteiger partial charge in [0.15, 0.2) is 5.78 Å². The first-order chi connectivity index (χ1) is 10.1. The SMILES string of the molecule is CCc1ccc(CC)c(C(=O)c2ccc(OC)cc2F)c1. The standard InChI is InChI=1S/C18H19FO2/c1-4-12-6-7-13(5-2)16(10-12)18(20)15-9-8-14(21-3)11-17(15)19/h6-11H,4-5H2,1-3H3. The summed E-state index contributed by atoms with van der Waals surface area (Å²) >= 11 is 0. The number of hydrogen-bond donors (Lipinski definition) is 0. The molecule has 0 aliphatic rings. The molecule has 110 valence electrons. The molecule has 0 aliphatic carbocycles. The van der Waals surface area contributed by atoms with Gasteiger partial charge in [0.05, 0.1) is 12.7 Å². The van der Waals surface area contributed by atoms with Gasteiger partial charge >= 0.3 is 0 Å². The summed E-state index contributed by atoms with van der Waals surface area (Å²) in [7, 11) is 1.47. The summed E-state index contributed by atoms with van der Waals surface area (Å²) in [5.41, 5.74) is 2.68. The molecule has 0 aromatic heterocycles. The molecule has 0 bridgehead atoms. The van der Waals surface area contributed by atoms with Crippen LogP contribution in [0.4, 0.5) is 4.39 Å². The fraction of sp³-hybridized carbons (Fsp3) is 0.278. The second-order valence-electron chi connectivity index (χ2n) is 4.87. The highest BCUT2D eigenvalue weighted by Crippen LogP contribution is 2.22. The van der Waals surface area contributed by atoms with Crippen molar-refractivity contribution in [1.82, 2.24) is 0 Å². The van der Waals surface area contributed by atoms with E-state index in [1.165, 1.54) is 19.2 Å². The molecule has 0 saturated carbocycles. The van der Waals surface area contributed by atoms with E-state index in [2.05, 4.69) is 0 Å². The van der Waals surface area contributed by atoms with Crippen molar-refractivity contribution in [3.8, 4) is 5.75 Å². The minimum Gasteiger partial charge on any atom is -0.497 e. The van der Waals surface area contributed by atoms with Crippen molar-refractivity contribution in [3.05, 3.63) is 64.5 Å². The molecule has 2 aromatic rings. The van der Waals surface area contributed by atoms with E-state index in [1.807, 2.05) is 32.0 Å². The summed E-state index contributed by atoms with van der Waals surface area (Å²) < 4.78 is 19.1. The van der Waals surface area contributed by atoms with E-state index in [1.54, 1.807) is 6.07 Å². The molecule has 0 fully saturated rings. The maximum atomic E-state index is 14.1. The minimum atomic E-state index is -0.552. The van der Waals surface area contributed by atoms with Gasteiger partial charge in [-0.05, 0) is 42.2 Å². The number of carbonyl (C=O) groups excluding carboxylic acids is 1. The molecule has 3 heteroatoms. The summed E-state index contributed by atoms with van der Waals surface area (Å²) in [6, 6.07) is 10.2. The van der Waals surface area contributed by atoms with Crippen molar-refractivity contribution in [2.75, 3.05) is 7.11 Å². The van der Waals surface area contributed by atoms with Gasteiger partial charge in [0.1, 0.15) is 11.6 Å². The quantitative estimate of drug-likeness (QED) is 0.770. The maximum Gasteiger partial charge on any atom is 0.196 e. The first-order valence-corrected chi connectivity index (χ1v) is 7.10. The lowest BCUT2D eigenvalue weighted by molar-refractivity contribution is 0.103. The number of ether oxygens (including phenoxy) is 1. The van der Waals surface area contributed by atoms with Crippen molar-refractivity contribution in [3.63, 3.8) is 0 Å². The monoisotopic (exact) mass is 286 g/mol. The Hall–Kier alpha value is -2.16. The second-order valence-corrected chi connectivity index (χ2v) is 4.87. The van der Waals surface area contributed by atoms with Crippen LogP contribution in [0.2, 0.25) is 0 Å². The molecule has 0 N–H and O–H groups in total. The van der Waals surface area contributed by atoms with E-state index in [0.717, 1.165) is 24.0 Å². The third-order valence-corrected chi connectivity index (χ3v) is 3.63. The Bertz CT molecular complexity index is 662. The van der Waals surface area contributed by atoms with Crippen LogP contribution in [0.3, 0.4) is 0 Å². The fourth-order valence-electron chi connectivity index (χ4n) is 2.32. The van der Waals surface area contributed by atoms with Crippen molar-refractivity contribution >= 4 is 5.78 Å². The number of hydrogen-bond acceptors (Lipinski definition) is 2. The highest BCUT2D eigenvalue weighted by Gasteiger charge is 2.17. The van der Waals surface area contributed by atoms with Gasteiger partial charge in [-0.3, -0.25) is 4.79 Å². The van der Waals surface area contributed by atoms with Crippen molar-refractivity contribution < 1.29 is 13.9 Å². The lowest BCUT2D eigenvalue weighted by Crippen LogP contribution is -2.08. The maximum absolute atomic E-state index is 14.1. The van der Waals surface area contributed by atoms with Crippen LogP contribution in [0.15, 0.2) is 36.4 Å². The van der Waals surface area contributed by atoms with Crippen molar-refractivity contribution in [2.45, 2.75) is 26.7 Å². The van der Waals surface area contributed by atoms with E-state index >= 15 is 0 Å². The van der Waals surface area contributed by atoms with Crippen LogP contribution < -0.4 is 4.74 Å². The molecule has 2 rings (SSSR count). The third kappa shape index (κ3) is 3.13. The van der Waals surface area contributed by atoms with E-state index in [9.17, 15) is 9.18 Å². The molecule has 21 heavy (non-hydrogen) atoms. The van der Waals surface area contributed by atoms with Gasteiger partial charge in [-0.1, -0.05) is 26.0 Å². The van der Waals surface area contributed by atoms with Crippen LogP contribution >= 0.6 is 0 Å². The predicted molar refractivity (Wildman–Crippen MR) is 81.6 cm³/mol. The largest absolute Gasteiger partial charge is 0.497 e. The molecule has 0 unspecified atom stereocenters. The van der Waals surface area contributed by atoms with Gasteiger partial charge in [-0.15, -0.1) is 0 Å². The molecule has 0 aliphatic heterocycles. The molecule has 2 nitrogen and oxygen atoms in total. The minimum absolute atomic E-state index is 0.0822. The molecular weight excluding hydrogens is 267 g/mol. The van der Waals surface area contributed by atoms with Gasteiger partial charge in [0, 0.05) is 11.6 Å². The molecule has 0 saturated heterocycles. The molecule has 0 amide bonds. The highest BCUT2D eigenvalue weighted by atomic mass is 19.1. The number of rotatable bonds is 5. The Morgan fingerprint density at radius 3 is 2.38 bits per heavy atom. The Morgan fingerprint density at radius 2 is 1.81 bits per heavy atom. The number of ketones is 1. The van der Waals surface area contributed by atoms with Crippen LogP contribution in [0.5, 0.6) is 5.75 Å². The zero-order chi connectivity index (χ0) is 15.4. The molecule has 0 radical (unpaired) electrons. The van der Waals surface area contributed by atoms with Crippen molar-refractivity contribution in [1.29, 1.82) is 0 Å². The lowest BCUT2D eigenvalue weighted by atomic mass is 9.94. The Kier molecular flexibility index (Phi) is 4.73. The van der Waals surface area contributed by atoms with E-state index in [4.69, 9.17) is 4.74 Å². The Balaban J connectivity index is 2.48. The van der Waals surface area contributed by atoms with Gasteiger partial charge in [0.25, 0.3) is 0 Å². The lowest BCUT2D eigenvalue weighted by Gasteiger charge is -2.10. The Morgan fingerprint density at radius 1 is 1.05 bits per heavy atom. The summed E-state index contributed by atoms with van der Waals surface area (Å²) in [4.78, 5) is 12.6. The number of methoxy groups -OCH3 is 1. The summed E-state index contributed by atoms with van der Waals surface area (Å²) in [6.45, 7) is 4.02. The van der Waals surface area contributed by atoms with Gasteiger partial charge in [-0.25, -0.2) is 4.39 Å².